The molecule has 0 aliphatic rings. The maximum absolute atomic E-state index is 12.4. The van der Waals surface area contributed by atoms with Crippen LogP contribution in [0.25, 0.3) is 0 Å². The van der Waals surface area contributed by atoms with Crippen molar-refractivity contribution in [3.8, 4) is 11.8 Å². The van der Waals surface area contributed by atoms with E-state index in [1.54, 1.807) is 0 Å². The highest BCUT2D eigenvalue weighted by Gasteiger charge is 2.20. The van der Waals surface area contributed by atoms with Gasteiger partial charge >= 0.3 is 0 Å². The molecule has 6 nitrogen and oxygen atoms in total. The molecule has 8 heteroatoms. The van der Waals surface area contributed by atoms with E-state index in [2.05, 4.69) is 9.97 Å². The molecule has 0 saturated heterocycles. The Morgan fingerprint density at radius 3 is 2.24 bits per heavy atom. The fraction of sp³-hybridized carbons (Fsp3) is 0.154. The molecule has 110 valence electrons. The second-order valence-electron chi connectivity index (χ2n) is 3.93. The molecule has 0 fully saturated rings. The Bertz CT molecular complexity index is 685. The van der Waals surface area contributed by atoms with Gasteiger partial charge in [0.1, 0.15) is 0 Å². The molecule has 1 aromatic heterocycles. The van der Waals surface area contributed by atoms with E-state index >= 15 is 0 Å². The van der Waals surface area contributed by atoms with Crippen molar-refractivity contribution in [3.05, 3.63) is 39.6 Å². The summed E-state index contributed by atoms with van der Waals surface area (Å²) < 4.78 is 9.99. The Morgan fingerprint density at radius 1 is 1.14 bits per heavy atom. The summed E-state index contributed by atoms with van der Waals surface area (Å²) in [6.45, 7) is 0. The first-order chi connectivity index (χ1) is 9.97. The standard InChI is InChI=1S/C13H11Cl2N3O3/c1-20-8-5-9(21-2)18-13(17-8)12(19)6-3-4-7(14)10(15)11(6)16/h3-5H,16H2,1-2H3. The highest BCUT2D eigenvalue weighted by molar-refractivity contribution is 6.44. The van der Waals surface area contributed by atoms with Crippen LogP contribution in [-0.4, -0.2) is 30.0 Å². The third-order valence-corrected chi connectivity index (χ3v) is 3.50. The number of rotatable bonds is 4. The Kier molecular flexibility index (Phi) is 4.50. The monoisotopic (exact) mass is 327 g/mol. The van der Waals surface area contributed by atoms with Crippen molar-refractivity contribution in [3.63, 3.8) is 0 Å². The summed E-state index contributed by atoms with van der Waals surface area (Å²) in [5, 5.41) is 0.368. The average molecular weight is 328 g/mol. The van der Waals surface area contributed by atoms with Crippen LogP contribution in [0.15, 0.2) is 18.2 Å². The van der Waals surface area contributed by atoms with Crippen LogP contribution in [0.4, 0.5) is 5.69 Å². The Morgan fingerprint density at radius 2 is 1.71 bits per heavy atom. The molecule has 0 unspecified atom stereocenters. The lowest BCUT2D eigenvalue weighted by Gasteiger charge is -2.09. The number of hydrogen-bond acceptors (Lipinski definition) is 6. The normalized spacial score (nSPS) is 10.3. The molecule has 21 heavy (non-hydrogen) atoms. The molecule has 0 aliphatic carbocycles. The van der Waals surface area contributed by atoms with Crippen LogP contribution in [0.5, 0.6) is 11.8 Å². The zero-order valence-corrected chi connectivity index (χ0v) is 12.7. The highest BCUT2D eigenvalue weighted by atomic mass is 35.5. The van der Waals surface area contributed by atoms with Gasteiger partial charge in [-0.3, -0.25) is 4.79 Å². The van der Waals surface area contributed by atoms with Crippen molar-refractivity contribution in [1.82, 2.24) is 9.97 Å². The van der Waals surface area contributed by atoms with Gasteiger partial charge in [-0.2, -0.15) is 9.97 Å². The number of hydrogen-bond donors (Lipinski definition) is 1. The van der Waals surface area contributed by atoms with Crippen LogP contribution < -0.4 is 15.2 Å². The molecule has 2 rings (SSSR count). The van der Waals surface area contributed by atoms with Gasteiger partial charge in [-0.25, -0.2) is 0 Å². The van der Waals surface area contributed by atoms with Gasteiger partial charge < -0.3 is 15.2 Å². The van der Waals surface area contributed by atoms with Crippen molar-refractivity contribution < 1.29 is 14.3 Å². The number of benzene rings is 1. The molecule has 0 radical (unpaired) electrons. The molecule has 0 spiro atoms. The minimum atomic E-state index is -0.511. The molecule has 1 heterocycles. The average Bonchev–Trinajstić information content (AvgIpc) is 2.51. The van der Waals surface area contributed by atoms with Crippen molar-refractivity contribution in [2.24, 2.45) is 0 Å². The summed E-state index contributed by atoms with van der Waals surface area (Å²) in [6, 6.07) is 4.39. The lowest BCUT2D eigenvalue weighted by atomic mass is 10.1. The van der Waals surface area contributed by atoms with Crippen molar-refractivity contribution in [2.45, 2.75) is 0 Å². The number of ether oxygens (including phenoxy) is 2. The number of halogens is 2. The molecule has 0 aliphatic heterocycles. The van der Waals surface area contributed by atoms with Crippen LogP contribution in [0, 0.1) is 0 Å². The Hall–Kier alpha value is -2.05. The number of nitrogens with two attached hydrogens (primary N) is 1. The Labute approximate surface area is 130 Å². The lowest BCUT2D eigenvalue weighted by molar-refractivity contribution is 0.102. The summed E-state index contributed by atoms with van der Waals surface area (Å²) in [5.74, 6) is -0.229. The van der Waals surface area contributed by atoms with E-state index in [0.29, 0.717) is 0 Å². The molecular weight excluding hydrogens is 317 g/mol. The largest absolute Gasteiger partial charge is 0.481 e. The predicted molar refractivity (Wildman–Crippen MR) is 79.4 cm³/mol. The number of aromatic nitrogens is 2. The minimum Gasteiger partial charge on any atom is -0.481 e. The van der Waals surface area contributed by atoms with E-state index in [1.807, 2.05) is 0 Å². The van der Waals surface area contributed by atoms with E-state index in [-0.39, 0.29) is 38.9 Å². The first-order valence-electron chi connectivity index (χ1n) is 5.73. The summed E-state index contributed by atoms with van der Waals surface area (Å²) in [6.07, 6.45) is 0. The summed E-state index contributed by atoms with van der Waals surface area (Å²) >= 11 is 11.8. The third kappa shape index (κ3) is 3.01. The maximum Gasteiger partial charge on any atom is 0.232 e. The number of nitrogens with zero attached hydrogens (tertiary/aromatic N) is 2. The molecule has 0 saturated carbocycles. The first kappa shape index (κ1) is 15.3. The number of nitrogen functional groups attached to an aromatic ring is 1. The molecule has 1 aromatic carbocycles. The van der Waals surface area contributed by atoms with Crippen LogP contribution in [0.1, 0.15) is 16.2 Å². The SMILES string of the molecule is COc1cc(OC)nc(C(=O)c2ccc(Cl)c(Cl)c2N)n1. The van der Waals surface area contributed by atoms with Crippen LogP contribution in [-0.2, 0) is 0 Å². The van der Waals surface area contributed by atoms with Gasteiger partial charge in [-0.05, 0) is 12.1 Å². The van der Waals surface area contributed by atoms with Gasteiger partial charge in [0.15, 0.2) is 0 Å². The highest BCUT2D eigenvalue weighted by Crippen LogP contribution is 2.31. The van der Waals surface area contributed by atoms with Gasteiger partial charge in [-0.15, -0.1) is 0 Å². The Balaban J connectivity index is 2.52. The number of anilines is 1. The summed E-state index contributed by atoms with van der Waals surface area (Å²) in [7, 11) is 2.84. The summed E-state index contributed by atoms with van der Waals surface area (Å²) in [5.41, 5.74) is 6.03. The maximum atomic E-state index is 12.4. The topological polar surface area (TPSA) is 87.3 Å². The molecule has 0 amide bonds. The fourth-order valence-electron chi connectivity index (χ4n) is 1.60. The predicted octanol–water partition coefficient (Wildman–Crippen LogP) is 2.61. The van der Waals surface area contributed by atoms with Crippen LogP contribution in [0.3, 0.4) is 0 Å². The van der Waals surface area contributed by atoms with Crippen molar-refractivity contribution in [1.29, 1.82) is 0 Å². The van der Waals surface area contributed by atoms with Gasteiger partial charge in [0.2, 0.25) is 23.4 Å². The third-order valence-electron chi connectivity index (χ3n) is 2.68. The first-order valence-corrected chi connectivity index (χ1v) is 6.48. The zero-order chi connectivity index (χ0) is 15.6. The van der Waals surface area contributed by atoms with Gasteiger partial charge in [0.25, 0.3) is 0 Å². The smallest absolute Gasteiger partial charge is 0.232 e. The molecular formula is C13H11Cl2N3O3. The van der Waals surface area contributed by atoms with Crippen molar-refractivity contribution >= 4 is 34.7 Å². The second kappa shape index (κ2) is 6.15. The fourth-order valence-corrected chi connectivity index (χ4v) is 1.93. The molecule has 0 atom stereocenters. The van der Waals surface area contributed by atoms with Gasteiger partial charge in [-0.1, -0.05) is 23.2 Å². The second-order valence-corrected chi connectivity index (χ2v) is 4.71. The van der Waals surface area contributed by atoms with Crippen LogP contribution in [0.2, 0.25) is 10.0 Å². The van der Waals surface area contributed by atoms with Gasteiger partial charge in [0, 0.05) is 0 Å². The number of ketones is 1. The quantitative estimate of drug-likeness (QED) is 0.686. The van der Waals surface area contributed by atoms with E-state index < -0.39 is 5.78 Å². The van der Waals surface area contributed by atoms with E-state index in [0.717, 1.165) is 0 Å². The molecule has 2 aromatic rings. The lowest BCUT2D eigenvalue weighted by Crippen LogP contribution is -2.11. The summed E-state index contributed by atoms with van der Waals surface area (Å²) in [4.78, 5) is 20.4. The minimum absolute atomic E-state index is 0.0690. The molecule has 2 N–H and O–H groups in total. The van der Waals surface area contributed by atoms with Gasteiger partial charge in [0.05, 0.1) is 41.6 Å². The van der Waals surface area contributed by atoms with E-state index in [9.17, 15) is 4.79 Å². The zero-order valence-electron chi connectivity index (χ0n) is 11.2. The van der Waals surface area contributed by atoms with E-state index in [1.165, 1.54) is 32.4 Å². The number of methoxy groups -OCH3 is 2. The number of carbonyl (C=O) groups is 1. The van der Waals surface area contributed by atoms with Crippen molar-refractivity contribution in [2.75, 3.05) is 20.0 Å². The number of carbonyl (C=O) groups excluding carboxylic acids is 1. The molecule has 0 bridgehead atoms. The van der Waals surface area contributed by atoms with Crippen LogP contribution >= 0.6 is 23.2 Å². The van der Waals surface area contributed by atoms with E-state index in [4.69, 9.17) is 38.4 Å².